The summed E-state index contributed by atoms with van der Waals surface area (Å²) in [5, 5.41) is 54.7. The number of phenolic OH excluding ortho intramolecular Hbond substituents is 4. The fourth-order valence-electron chi connectivity index (χ4n) is 2.22. The van der Waals surface area contributed by atoms with Gasteiger partial charge in [0.25, 0.3) is 0 Å². The van der Waals surface area contributed by atoms with Crippen molar-refractivity contribution in [3.8, 4) is 28.7 Å². The van der Waals surface area contributed by atoms with Gasteiger partial charge in [-0.3, -0.25) is 4.79 Å². The van der Waals surface area contributed by atoms with Crippen molar-refractivity contribution in [2.45, 2.75) is 0 Å². The number of para-hydroxylation sites is 1. The van der Waals surface area contributed by atoms with Crippen LogP contribution in [0.1, 0.15) is 26.3 Å². The van der Waals surface area contributed by atoms with Crippen LogP contribution in [0.4, 0.5) is 0 Å². The van der Waals surface area contributed by atoms with E-state index in [4.69, 9.17) is 20.4 Å². The summed E-state index contributed by atoms with van der Waals surface area (Å²) in [6.45, 7) is 0. The van der Waals surface area contributed by atoms with Gasteiger partial charge in [-0.05, 0) is 36.4 Å². The number of hydrogen-bond donors (Lipinski definition) is 6. The molecule has 0 bridgehead atoms. The lowest BCUT2D eigenvalue weighted by molar-refractivity contribution is 0.0693. The number of carbonyl (C=O) groups is 2. The molecule has 0 aliphatic heterocycles. The number of carboxylic acid groups (broad SMARTS) is 1. The molecule has 6 N–H and O–H groups in total. The minimum absolute atomic E-state index is 0.0474. The molecule has 0 aromatic heterocycles. The quantitative estimate of drug-likeness (QED) is 0.377. The number of carboxylic acids is 1. The average molecular weight is 384 g/mol. The van der Waals surface area contributed by atoms with Gasteiger partial charge in [0.15, 0.2) is 5.78 Å². The third kappa shape index (κ3) is 4.70. The number of carbonyl (C=O) groups excluding carboxylic acids is 1. The summed E-state index contributed by atoms with van der Waals surface area (Å²) in [6.07, 6.45) is 0. The molecule has 0 fully saturated rings. The molecule has 28 heavy (non-hydrogen) atoms. The molecule has 0 heterocycles. The molecule has 8 heteroatoms. The third-order valence-corrected chi connectivity index (χ3v) is 3.59. The van der Waals surface area contributed by atoms with Crippen LogP contribution in [-0.4, -0.2) is 42.4 Å². The third-order valence-electron chi connectivity index (χ3n) is 3.59. The van der Waals surface area contributed by atoms with Gasteiger partial charge in [0.05, 0.1) is 11.1 Å². The molecule has 3 aromatic rings. The lowest BCUT2D eigenvalue weighted by Gasteiger charge is -2.06. The number of rotatable bonds is 3. The van der Waals surface area contributed by atoms with Gasteiger partial charge in [0, 0.05) is 12.1 Å². The molecule has 0 radical (unpaired) electrons. The standard InChI is InChI=1S/C13H10O5.C7H6O3/c14-7-1-3-9(11(16)5-7)13(18)10-4-2-8(15)6-12(10)17;8-6-4-2-1-3-5(6)7(9)10/h1-6,14-17H;1-4,8H,(H,9,10). The molecule has 0 spiro atoms. The van der Waals surface area contributed by atoms with Gasteiger partial charge in [-0.2, -0.15) is 0 Å². The lowest BCUT2D eigenvalue weighted by Crippen LogP contribution is -2.01. The maximum atomic E-state index is 12.0. The van der Waals surface area contributed by atoms with Crippen LogP contribution in [0.3, 0.4) is 0 Å². The van der Waals surface area contributed by atoms with E-state index < -0.39 is 11.8 Å². The van der Waals surface area contributed by atoms with Gasteiger partial charge in [-0.15, -0.1) is 0 Å². The Morgan fingerprint density at radius 3 is 1.39 bits per heavy atom. The van der Waals surface area contributed by atoms with Crippen molar-refractivity contribution in [2.75, 3.05) is 0 Å². The molecular weight excluding hydrogens is 368 g/mol. The number of aromatic carboxylic acids is 1. The van der Waals surface area contributed by atoms with Gasteiger partial charge in [-0.25, -0.2) is 4.79 Å². The van der Waals surface area contributed by atoms with Crippen LogP contribution in [0.15, 0.2) is 60.7 Å². The summed E-state index contributed by atoms with van der Waals surface area (Å²) in [4.78, 5) is 22.3. The number of benzene rings is 3. The van der Waals surface area contributed by atoms with E-state index in [1.165, 1.54) is 36.4 Å². The Morgan fingerprint density at radius 2 is 1.04 bits per heavy atom. The Hall–Kier alpha value is -4.20. The Kier molecular flexibility index (Phi) is 6.07. The highest BCUT2D eigenvalue weighted by Gasteiger charge is 2.17. The van der Waals surface area contributed by atoms with Crippen molar-refractivity contribution in [3.63, 3.8) is 0 Å². The molecule has 0 atom stereocenters. The fraction of sp³-hybridized carbons (Fsp3) is 0. The first-order chi connectivity index (χ1) is 13.2. The molecule has 144 valence electrons. The van der Waals surface area contributed by atoms with Crippen LogP contribution in [0.25, 0.3) is 0 Å². The van der Waals surface area contributed by atoms with Crippen molar-refractivity contribution in [3.05, 3.63) is 77.4 Å². The first kappa shape index (κ1) is 20.1. The summed E-state index contributed by atoms with van der Waals surface area (Å²) in [7, 11) is 0. The van der Waals surface area contributed by atoms with Gasteiger partial charge in [0.2, 0.25) is 0 Å². The maximum absolute atomic E-state index is 12.0. The van der Waals surface area contributed by atoms with Gasteiger partial charge in [0.1, 0.15) is 34.3 Å². The molecule has 0 amide bonds. The zero-order chi connectivity index (χ0) is 20.8. The van der Waals surface area contributed by atoms with Crippen molar-refractivity contribution >= 4 is 11.8 Å². The number of ketones is 1. The van der Waals surface area contributed by atoms with Crippen molar-refractivity contribution < 1.29 is 40.2 Å². The van der Waals surface area contributed by atoms with Crippen molar-refractivity contribution in [1.29, 1.82) is 0 Å². The first-order valence-electron chi connectivity index (χ1n) is 7.80. The molecule has 0 saturated carbocycles. The summed E-state index contributed by atoms with van der Waals surface area (Å²) < 4.78 is 0. The molecule has 0 aliphatic rings. The fourth-order valence-corrected chi connectivity index (χ4v) is 2.22. The van der Waals surface area contributed by atoms with Crippen LogP contribution in [0.5, 0.6) is 28.7 Å². The van der Waals surface area contributed by atoms with E-state index >= 15 is 0 Å². The molecule has 8 nitrogen and oxygen atoms in total. The molecular formula is C20H16O8. The Morgan fingerprint density at radius 1 is 0.571 bits per heavy atom. The van der Waals surface area contributed by atoms with Crippen LogP contribution < -0.4 is 0 Å². The summed E-state index contributed by atoms with van der Waals surface area (Å²) in [5.41, 5.74) is -0.162. The van der Waals surface area contributed by atoms with E-state index in [1.807, 2.05) is 0 Å². The number of phenols is 5. The molecule has 0 unspecified atom stereocenters. The van der Waals surface area contributed by atoms with E-state index in [-0.39, 0.29) is 45.4 Å². The van der Waals surface area contributed by atoms with Crippen molar-refractivity contribution in [2.24, 2.45) is 0 Å². The summed E-state index contributed by atoms with van der Waals surface area (Å²) >= 11 is 0. The normalized spacial score (nSPS) is 9.86. The van der Waals surface area contributed by atoms with E-state index in [0.717, 1.165) is 12.1 Å². The summed E-state index contributed by atoms with van der Waals surface area (Å²) in [6, 6.07) is 12.9. The topological polar surface area (TPSA) is 156 Å². The van der Waals surface area contributed by atoms with Gasteiger partial charge in [-0.1, -0.05) is 12.1 Å². The Balaban J connectivity index is 0.000000237. The lowest BCUT2D eigenvalue weighted by atomic mass is 10.0. The van der Waals surface area contributed by atoms with E-state index in [2.05, 4.69) is 0 Å². The van der Waals surface area contributed by atoms with Crippen LogP contribution >= 0.6 is 0 Å². The smallest absolute Gasteiger partial charge is 0.339 e. The minimum Gasteiger partial charge on any atom is -0.508 e. The highest BCUT2D eigenvalue weighted by Crippen LogP contribution is 2.29. The summed E-state index contributed by atoms with van der Waals surface area (Å²) in [5.74, 6) is -3.02. The molecule has 3 rings (SSSR count). The average Bonchev–Trinajstić information content (AvgIpc) is 2.62. The van der Waals surface area contributed by atoms with E-state index in [1.54, 1.807) is 12.1 Å². The van der Waals surface area contributed by atoms with Crippen molar-refractivity contribution in [1.82, 2.24) is 0 Å². The maximum Gasteiger partial charge on any atom is 0.339 e. The monoisotopic (exact) mass is 384 g/mol. The second kappa shape index (κ2) is 8.45. The van der Waals surface area contributed by atoms with E-state index in [0.29, 0.717) is 0 Å². The molecule has 3 aromatic carbocycles. The predicted octanol–water partition coefficient (Wildman–Crippen LogP) is 2.83. The van der Waals surface area contributed by atoms with Crippen LogP contribution in [-0.2, 0) is 0 Å². The number of aromatic hydroxyl groups is 5. The predicted molar refractivity (Wildman–Crippen MR) is 98.0 cm³/mol. The SMILES string of the molecule is O=C(O)c1ccccc1O.O=C(c1ccc(O)cc1O)c1ccc(O)cc1O. The number of hydrogen-bond acceptors (Lipinski definition) is 7. The largest absolute Gasteiger partial charge is 0.508 e. The van der Waals surface area contributed by atoms with Gasteiger partial charge < -0.3 is 30.6 Å². The second-order valence-corrected chi connectivity index (χ2v) is 5.55. The molecule has 0 saturated heterocycles. The zero-order valence-electron chi connectivity index (χ0n) is 14.3. The highest BCUT2D eigenvalue weighted by atomic mass is 16.4. The van der Waals surface area contributed by atoms with Gasteiger partial charge >= 0.3 is 5.97 Å². The van der Waals surface area contributed by atoms with E-state index in [9.17, 15) is 19.8 Å². The van der Waals surface area contributed by atoms with Crippen LogP contribution in [0.2, 0.25) is 0 Å². The molecule has 0 aliphatic carbocycles. The van der Waals surface area contributed by atoms with Crippen LogP contribution in [0, 0.1) is 0 Å². The minimum atomic E-state index is -1.11. The highest BCUT2D eigenvalue weighted by molar-refractivity contribution is 6.12. The second-order valence-electron chi connectivity index (χ2n) is 5.55. The first-order valence-corrected chi connectivity index (χ1v) is 7.80. The Bertz CT molecular complexity index is 973. The zero-order valence-corrected chi connectivity index (χ0v) is 14.3. The Labute approximate surface area is 158 Å².